The molecule has 4 rings (SSSR count). The van der Waals surface area contributed by atoms with Crippen LogP contribution in [0.5, 0.6) is 5.75 Å². The molecule has 146 valence electrons. The van der Waals surface area contributed by atoms with Crippen molar-refractivity contribution in [1.82, 2.24) is 9.97 Å². The zero-order valence-corrected chi connectivity index (χ0v) is 16.3. The molecule has 1 aliphatic rings. The SMILES string of the molecule is O=C(O)N(Oc1cc2sc(Cl)nc2cc1F)c1cccnc1C1CCCCC1. The number of halogens is 2. The van der Waals surface area contributed by atoms with Crippen molar-refractivity contribution in [2.75, 3.05) is 5.06 Å². The van der Waals surface area contributed by atoms with Gasteiger partial charge in [-0.1, -0.05) is 30.9 Å². The van der Waals surface area contributed by atoms with Crippen LogP contribution >= 0.6 is 22.9 Å². The van der Waals surface area contributed by atoms with E-state index < -0.39 is 11.9 Å². The fraction of sp³-hybridized carbons (Fsp3) is 0.316. The van der Waals surface area contributed by atoms with Gasteiger partial charge in [0.25, 0.3) is 0 Å². The Morgan fingerprint density at radius 3 is 2.86 bits per heavy atom. The Balaban J connectivity index is 1.71. The maximum atomic E-state index is 14.5. The number of aromatic nitrogens is 2. The van der Waals surface area contributed by atoms with Crippen LogP contribution < -0.4 is 9.90 Å². The molecule has 0 bridgehead atoms. The first-order chi connectivity index (χ1) is 13.5. The van der Waals surface area contributed by atoms with Gasteiger partial charge in [0.15, 0.2) is 16.0 Å². The first kappa shape index (κ1) is 18.9. The molecule has 3 aromatic rings. The lowest BCUT2D eigenvalue weighted by molar-refractivity contribution is 0.166. The summed E-state index contributed by atoms with van der Waals surface area (Å²) in [6, 6.07) is 5.85. The Hall–Kier alpha value is -2.45. The van der Waals surface area contributed by atoms with Crippen LogP contribution in [0.25, 0.3) is 10.2 Å². The van der Waals surface area contributed by atoms with E-state index in [9.17, 15) is 14.3 Å². The highest BCUT2D eigenvalue weighted by Gasteiger charge is 2.27. The van der Waals surface area contributed by atoms with Crippen LogP contribution in [0.3, 0.4) is 0 Å². The monoisotopic (exact) mass is 421 g/mol. The number of hydrogen-bond acceptors (Lipinski definition) is 5. The van der Waals surface area contributed by atoms with E-state index in [-0.39, 0.29) is 16.1 Å². The molecule has 28 heavy (non-hydrogen) atoms. The number of amides is 1. The van der Waals surface area contributed by atoms with E-state index in [4.69, 9.17) is 16.4 Å². The van der Waals surface area contributed by atoms with Gasteiger partial charge >= 0.3 is 6.09 Å². The van der Waals surface area contributed by atoms with E-state index in [2.05, 4.69) is 9.97 Å². The molecule has 1 N–H and O–H groups in total. The Morgan fingerprint density at radius 2 is 2.11 bits per heavy atom. The molecule has 6 nitrogen and oxygen atoms in total. The average molecular weight is 422 g/mol. The molecule has 1 aliphatic carbocycles. The molecule has 9 heteroatoms. The highest BCUT2D eigenvalue weighted by Crippen LogP contribution is 2.37. The molecule has 0 aliphatic heterocycles. The third kappa shape index (κ3) is 3.74. The van der Waals surface area contributed by atoms with Crippen molar-refractivity contribution in [3.05, 3.63) is 46.4 Å². The Bertz CT molecular complexity index is 1020. The molecule has 0 unspecified atom stereocenters. The zero-order chi connectivity index (χ0) is 19.7. The fourth-order valence-corrected chi connectivity index (χ4v) is 4.57. The van der Waals surface area contributed by atoms with Gasteiger partial charge in [-0.25, -0.2) is 14.2 Å². The molecule has 0 spiro atoms. The van der Waals surface area contributed by atoms with Gasteiger partial charge < -0.3 is 9.94 Å². The second kappa shape index (κ2) is 7.89. The molecule has 0 atom stereocenters. The van der Waals surface area contributed by atoms with Crippen LogP contribution in [-0.4, -0.2) is 21.2 Å². The number of carbonyl (C=O) groups is 1. The van der Waals surface area contributed by atoms with Crippen molar-refractivity contribution in [1.29, 1.82) is 0 Å². The summed E-state index contributed by atoms with van der Waals surface area (Å²) in [5.41, 5.74) is 1.36. The molecular formula is C19H17ClFN3O3S. The summed E-state index contributed by atoms with van der Waals surface area (Å²) < 4.78 is 15.4. The normalized spacial score (nSPS) is 14.9. The van der Waals surface area contributed by atoms with Gasteiger partial charge in [-0.15, -0.1) is 16.4 Å². The molecule has 1 fully saturated rings. The smallest absolute Gasteiger partial charge is 0.445 e. The summed E-state index contributed by atoms with van der Waals surface area (Å²) in [5.74, 6) is -0.777. The molecule has 1 amide bonds. The van der Waals surface area contributed by atoms with Crippen LogP contribution in [0.15, 0.2) is 30.5 Å². The van der Waals surface area contributed by atoms with Crippen LogP contribution in [0.2, 0.25) is 4.47 Å². The molecule has 2 aromatic heterocycles. The highest BCUT2D eigenvalue weighted by atomic mass is 35.5. The number of benzene rings is 1. The minimum absolute atomic E-state index is 0.156. The Kier molecular flexibility index (Phi) is 5.32. The quantitative estimate of drug-likeness (QED) is 0.522. The Labute approximate surface area is 169 Å². The number of hydrogen-bond donors (Lipinski definition) is 1. The third-order valence-electron chi connectivity index (χ3n) is 4.81. The average Bonchev–Trinajstić information content (AvgIpc) is 3.05. The summed E-state index contributed by atoms with van der Waals surface area (Å²) in [6.07, 6.45) is 5.48. The van der Waals surface area contributed by atoms with Crippen molar-refractivity contribution in [2.24, 2.45) is 0 Å². The van der Waals surface area contributed by atoms with Gasteiger partial charge in [-0.05, 0) is 25.0 Å². The molecule has 1 saturated carbocycles. The Morgan fingerprint density at radius 1 is 1.32 bits per heavy atom. The van der Waals surface area contributed by atoms with Crippen LogP contribution in [-0.2, 0) is 0 Å². The number of fused-ring (bicyclic) bond motifs is 1. The van der Waals surface area contributed by atoms with Crippen molar-refractivity contribution < 1.29 is 19.1 Å². The van der Waals surface area contributed by atoms with E-state index in [0.29, 0.717) is 26.7 Å². The van der Waals surface area contributed by atoms with E-state index in [1.165, 1.54) is 18.6 Å². The van der Waals surface area contributed by atoms with Crippen molar-refractivity contribution in [2.45, 2.75) is 38.0 Å². The number of anilines is 1. The number of hydroxylamine groups is 1. The number of pyridine rings is 1. The second-order valence-corrected chi connectivity index (χ2v) is 8.24. The minimum atomic E-state index is -1.35. The van der Waals surface area contributed by atoms with Crippen molar-refractivity contribution >= 4 is 44.9 Å². The topological polar surface area (TPSA) is 75.5 Å². The highest BCUT2D eigenvalue weighted by molar-refractivity contribution is 7.22. The first-order valence-corrected chi connectivity index (χ1v) is 10.1. The van der Waals surface area contributed by atoms with Crippen LogP contribution in [0, 0.1) is 5.82 Å². The third-order valence-corrected chi connectivity index (χ3v) is 5.93. The van der Waals surface area contributed by atoms with Crippen LogP contribution in [0.1, 0.15) is 43.7 Å². The molecule has 1 aromatic carbocycles. The lowest BCUT2D eigenvalue weighted by Gasteiger charge is -2.26. The molecule has 0 radical (unpaired) electrons. The van der Waals surface area contributed by atoms with E-state index in [1.807, 2.05) is 0 Å². The molecule has 0 saturated heterocycles. The lowest BCUT2D eigenvalue weighted by Crippen LogP contribution is -2.34. The number of rotatable bonds is 4. The molecule has 2 heterocycles. The maximum Gasteiger partial charge on any atom is 0.445 e. The number of thiazole rings is 1. The molecular weight excluding hydrogens is 405 g/mol. The fourth-order valence-electron chi connectivity index (χ4n) is 3.53. The van der Waals surface area contributed by atoms with Gasteiger partial charge in [0.2, 0.25) is 0 Å². The van der Waals surface area contributed by atoms with Crippen molar-refractivity contribution in [3.8, 4) is 5.75 Å². The first-order valence-electron chi connectivity index (χ1n) is 8.94. The van der Waals surface area contributed by atoms with E-state index in [0.717, 1.165) is 37.0 Å². The van der Waals surface area contributed by atoms with Gasteiger partial charge in [0, 0.05) is 24.2 Å². The van der Waals surface area contributed by atoms with E-state index >= 15 is 0 Å². The van der Waals surface area contributed by atoms with Gasteiger partial charge in [-0.2, -0.15) is 0 Å². The second-order valence-electron chi connectivity index (χ2n) is 6.63. The number of carboxylic acid groups (broad SMARTS) is 1. The van der Waals surface area contributed by atoms with Gasteiger partial charge in [0.05, 0.1) is 15.9 Å². The summed E-state index contributed by atoms with van der Waals surface area (Å²) in [4.78, 5) is 25.9. The van der Waals surface area contributed by atoms with E-state index in [1.54, 1.807) is 18.3 Å². The lowest BCUT2D eigenvalue weighted by atomic mass is 9.86. The summed E-state index contributed by atoms with van der Waals surface area (Å²) >= 11 is 7.04. The minimum Gasteiger partial charge on any atom is -0.463 e. The van der Waals surface area contributed by atoms with Crippen LogP contribution in [0.4, 0.5) is 14.9 Å². The van der Waals surface area contributed by atoms with Crippen molar-refractivity contribution in [3.63, 3.8) is 0 Å². The maximum absolute atomic E-state index is 14.5. The standard InChI is InChI=1S/C19H17ClFN3O3S/c20-18-23-13-9-12(21)15(10-16(13)28-18)27-24(19(25)26)14-7-4-8-22-17(14)11-5-2-1-3-6-11/h4,7-11H,1-3,5-6H2,(H,25,26). The van der Waals surface area contributed by atoms with Gasteiger partial charge in [0.1, 0.15) is 5.69 Å². The number of nitrogens with zero attached hydrogens (tertiary/aromatic N) is 3. The van der Waals surface area contributed by atoms with Gasteiger partial charge in [-0.3, -0.25) is 4.98 Å². The zero-order valence-electron chi connectivity index (χ0n) is 14.8. The summed E-state index contributed by atoms with van der Waals surface area (Å²) in [7, 11) is 0. The predicted octanol–water partition coefficient (Wildman–Crippen LogP) is 6.01. The summed E-state index contributed by atoms with van der Waals surface area (Å²) in [5, 5.41) is 10.4. The largest absolute Gasteiger partial charge is 0.463 e. The summed E-state index contributed by atoms with van der Waals surface area (Å²) in [6.45, 7) is 0. The predicted molar refractivity (Wildman–Crippen MR) is 106 cm³/mol.